The molecule has 192 valence electrons. The lowest BCUT2D eigenvalue weighted by Gasteiger charge is -2.32. The molecule has 3 aromatic rings. The normalized spacial score (nSPS) is 14.1. The van der Waals surface area contributed by atoms with Crippen LogP contribution in [-0.4, -0.2) is 52.0 Å². The summed E-state index contributed by atoms with van der Waals surface area (Å²) in [4.78, 5) is 39.3. The summed E-state index contributed by atoms with van der Waals surface area (Å²) < 4.78 is 0. The number of nitrogens with one attached hydrogen (secondary N) is 4. The highest BCUT2D eigenvalue weighted by Crippen LogP contribution is 2.26. The zero-order valence-electron chi connectivity index (χ0n) is 19.9. The minimum atomic E-state index is -0.532. The highest BCUT2D eigenvalue weighted by Gasteiger charge is 2.24. The molecule has 2 heterocycles. The second-order valence-electron chi connectivity index (χ2n) is 8.62. The number of piperidine rings is 1. The average Bonchev–Trinajstić information content (AvgIpc) is 3.34. The molecule has 9 nitrogen and oxygen atoms in total. The van der Waals surface area contributed by atoms with Crippen molar-refractivity contribution in [3.05, 3.63) is 88.2 Å². The number of benzene rings is 2. The van der Waals surface area contributed by atoms with Gasteiger partial charge < -0.3 is 16.0 Å². The van der Waals surface area contributed by atoms with Crippen molar-refractivity contribution in [3.63, 3.8) is 0 Å². The van der Waals surface area contributed by atoms with Crippen LogP contribution in [0, 0.1) is 0 Å². The Kier molecular flexibility index (Phi) is 8.60. The Morgan fingerprint density at radius 3 is 2.35 bits per heavy atom. The highest BCUT2D eigenvalue weighted by molar-refractivity contribution is 6.40. The van der Waals surface area contributed by atoms with E-state index < -0.39 is 5.91 Å². The van der Waals surface area contributed by atoms with E-state index in [2.05, 4.69) is 37.6 Å². The Hall–Kier alpha value is -3.66. The predicted octanol–water partition coefficient (Wildman–Crippen LogP) is 4.49. The summed E-state index contributed by atoms with van der Waals surface area (Å²) in [7, 11) is 0. The van der Waals surface area contributed by atoms with Gasteiger partial charge in [0.25, 0.3) is 11.8 Å². The molecule has 1 aromatic heterocycles. The van der Waals surface area contributed by atoms with Gasteiger partial charge in [-0.15, -0.1) is 0 Å². The van der Waals surface area contributed by atoms with Crippen LogP contribution in [-0.2, 0) is 11.3 Å². The Balaban J connectivity index is 1.28. The van der Waals surface area contributed by atoms with Crippen LogP contribution in [0.25, 0.3) is 0 Å². The van der Waals surface area contributed by atoms with Crippen LogP contribution >= 0.6 is 23.2 Å². The molecule has 1 aliphatic rings. The summed E-state index contributed by atoms with van der Waals surface area (Å²) in [5.74, 6) is -1.13. The number of anilines is 2. The van der Waals surface area contributed by atoms with Gasteiger partial charge in [-0.1, -0.05) is 48.0 Å². The van der Waals surface area contributed by atoms with Crippen molar-refractivity contribution in [3.8, 4) is 0 Å². The number of aromatic amines is 1. The molecule has 37 heavy (non-hydrogen) atoms. The third-order valence-corrected chi connectivity index (χ3v) is 6.67. The lowest BCUT2D eigenvalue weighted by molar-refractivity contribution is -0.111. The number of likely N-dealkylation sites (tertiary alicyclic amines) is 1. The minimum absolute atomic E-state index is 0.00916. The predicted molar refractivity (Wildman–Crippen MR) is 144 cm³/mol. The topological polar surface area (TPSA) is 119 Å². The van der Waals surface area contributed by atoms with Crippen LogP contribution < -0.4 is 16.0 Å². The number of amides is 3. The molecule has 0 bridgehead atoms. The van der Waals surface area contributed by atoms with Crippen LogP contribution in [0.1, 0.15) is 39.3 Å². The van der Waals surface area contributed by atoms with E-state index >= 15 is 0 Å². The fourth-order valence-corrected chi connectivity index (χ4v) is 4.66. The fraction of sp³-hybridized carbons (Fsp3) is 0.231. The molecule has 3 amide bonds. The van der Waals surface area contributed by atoms with Gasteiger partial charge in [0.15, 0.2) is 0 Å². The van der Waals surface area contributed by atoms with E-state index in [1.807, 2.05) is 24.3 Å². The van der Waals surface area contributed by atoms with Crippen molar-refractivity contribution in [2.75, 3.05) is 23.7 Å². The molecule has 4 N–H and O–H groups in total. The summed E-state index contributed by atoms with van der Waals surface area (Å²) >= 11 is 12.2. The van der Waals surface area contributed by atoms with Gasteiger partial charge in [-0.05, 0) is 48.7 Å². The van der Waals surface area contributed by atoms with Crippen LogP contribution in [0.3, 0.4) is 0 Å². The van der Waals surface area contributed by atoms with E-state index in [1.165, 1.54) is 12.3 Å². The zero-order valence-corrected chi connectivity index (χ0v) is 21.4. The molecule has 0 atom stereocenters. The first-order chi connectivity index (χ1) is 17.8. The Morgan fingerprint density at radius 2 is 1.70 bits per heavy atom. The second kappa shape index (κ2) is 12.1. The van der Waals surface area contributed by atoms with Crippen LogP contribution in [0.15, 0.2) is 61.3 Å². The quantitative estimate of drug-likeness (QED) is 0.314. The average molecular weight is 541 g/mol. The van der Waals surface area contributed by atoms with Crippen LogP contribution in [0.2, 0.25) is 10.0 Å². The number of nitrogens with zero attached hydrogens (tertiary/aromatic N) is 2. The molecule has 0 saturated carbocycles. The van der Waals surface area contributed by atoms with Crippen LogP contribution in [0.5, 0.6) is 0 Å². The molecule has 1 fully saturated rings. The largest absolute Gasteiger partial charge is 0.348 e. The summed E-state index contributed by atoms with van der Waals surface area (Å²) in [6.07, 6.45) is 4.17. The molecule has 1 aliphatic heterocycles. The highest BCUT2D eigenvalue weighted by atomic mass is 35.5. The van der Waals surface area contributed by atoms with Gasteiger partial charge in [0, 0.05) is 31.4 Å². The molecule has 2 aromatic carbocycles. The van der Waals surface area contributed by atoms with Gasteiger partial charge >= 0.3 is 0 Å². The fourth-order valence-electron chi connectivity index (χ4n) is 4.09. The Morgan fingerprint density at radius 1 is 1.03 bits per heavy atom. The van der Waals surface area contributed by atoms with Gasteiger partial charge in [-0.3, -0.25) is 24.4 Å². The molecule has 11 heteroatoms. The third kappa shape index (κ3) is 6.76. The lowest BCUT2D eigenvalue weighted by Crippen LogP contribution is -2.44. The number of carbonyl (C=O) groups excluding carboxylic acids is 3. The Bertz CT molecular complexity index is 1280. The summed E-state index contributed by atoms with van der Waals surface area (Å²) in [6.45, 7) is 5.86. The van der Waals surface area contributed by atoms with E-state index in [0.29, 0.717) is 0 Å². The van der Waals surface area contributed by atoms with Crippen molar-refractivity contribution in [2.45, 2.75) is 25.4 Å². The van der Waals surface area contributed by atoms with Crippen molar-refractivity contribution in [1.82, 2.24) is 20.4 Å². The van der Waals surface area contributed by atoms with E-state index in [0.717, 1.165) is 43.7 Å². The first kappa shape index (κ1) is 26.4. The number of carbonyl (C=O) groups is 3. The number of rotatable bonds is 8. The maximum atomic E-state index is 12.9. The first-order valence-electron chi connectivity index (χ1n) is 11.7. The summed E-state index contributed by atoms with van der Waals surface area (Å²) in [5.41, 5.74) is 2.38. The number of H-pyrrole nitrogens is 1. The second-order valence-corrected chi connectivity index (χ2v) is 9.44. The zero-order chi connectivity index (χ0) is 26.4. The molecular formula is C26H26Cl2N6O3. The standard InChI is InChI=1S/C26H26Cl2N6O3/c1-2-22(35)30-17-8-6-16(7-9-17)15-34-12-10-18(11-13-34)31-26(37)24-21(14-29-33-24)32-25(36)23-19(27)4-3-5-20(23)28/h2-9,14,18H,1,10-13,15H2,(H,29,33)(H,30,35)(H,31,37)(H,32,36). The molecule has 0 unspecified atom stereocenters. The number of hydrogen-bond donors (Lipinski definition) is 4. The molecule has 4 rings (SSSR count). The van der Waals surface area contributed by atoms with Gasteiger partial charge in [-0.25, -0.2) is 0 Å². The van der Waals surface area contributed by atoms with Gasteiger partial charge in [-0.2, -0.15) is 5.10 Å². The van der Waals surface area contributed by atoms with Crippen molar-refractivity contribution in [2.24, 2.45) is 0 Å². The molecule has 0 spiro atoms. The van der Waals surface area contributed by atoms with Gasteiger partial charge in [0.2, 0.25) is 5.91 Å². The molecule has 0 radical (unpaired) electrons. The van der Waals surface area contributed by atoms with E-state index in [-0.39, 0.29) is 44.8 Å². The summed E-state index contributed by atoms with van der Waals surface area (Å²) in [5, 5.41) is 15.4. The molecule has 1 saturated heterocycles. The first-order valence-corrected chi connectivity index (χ1v) is 12.4. The maximum absolute atomic E-state index is 12.9. The maximum Gasteiger partial charge on any atom is 0.271 e. The minimum Gasteiger partial charge on any atom is -0.348 e. The van der Waals surface area contributed by atoms with Crippen molar-refractivity contribution in [1.29, 1.82) is 0 Å². The monoisotopic (exact) mass is 540 g/mol. The summed E-state index contributed by atoms with van der Waals surface area (Å²) in [6, 6.07) is 12.5. The van der Waals surface area contributed by atoms with Gasteiger partial charge in [0.05, 0.1) is 27.5 Å². The number of halogens is 2. The van der Waals surface area contributed by atoms with Crippen molar-refractivity contribution < 1.29 is 14.4 Å². The lowest BCUT2D eigenvalue weighted by atomic mass is 10.0. The van der Waals surface area contributed by atoms with E-state index in [1.54, 1.807) is 18.2 Å². The van der Waals surface area contributed by atoms with Crippen molar-refractivity contribution >= 4 is 52.3 Å². The van der Waals surface area contributed by atoms with Crippen LogP contribution in [0.4, 0.5) is 11.4 Å². The van der Waals surface area contributed by atoms with Gasteiger partial charge in [0.1, 0.15) is 5.69 Å². The SMILES string of the molecule is C=CC(=O)Nc1ccc(CN2CCC(NC(=O)c3[nH]ncc3NC(=O)c3c(Cl)cccc3Cl)CC2)cc1. The van der Waals surface area contributed by atoms with E-state index in [9.17, 15) is 14.4 Å². The molecule has 0 aliphatic carbocycles. The Labute approximate surface area is 224 Å². The number of aromatic nitrogens is 2. The molecular weight excluding hydrogens is 515 g/mol. The smallest absolute Gasteiger partial charge is 0.271 e. The van der Waals surface area contributed by atoms with E-state index in [4.69, 9.17) is 23.2 Å². The number of hydrogen-bond acceptors (Lipinski definition) is 5. The third-order valence-electron chi connectivity index (χ3n) is 6.04.